The summed E-state index contributed by atoms with van der Waals surface area (Å²) in [6.07, 6.45) is 22.2. The summed E-state index contributed by atoms with van der Waals surface area (Å²) in [6, 6.07) is 0.536. The van der Waals surface area contributed by atoms with Gasteiger partial charge in [0.05, 0.1) is 0 Å². The third kappa shape index (κ3) is 6.56. The Bertz CT molecular complexity index is 339. The van der Waals surface area contributed by atoms with E-state index in [2.05, 4.69) is 6.92 Å². The summed E-state index contributed by atoms with van der Waals surface area (Å²) in [5.41, 5.74) is 5.94. The molecule has 2 N–H and O–H groups in total. The van der Waals surface area contributed by atoms with Crippen molar-refractivity contribution in [2.45, 2.75) is 123 Å². The van der Waals surface area contributed by atoms with Crippen LogP contribution in [0.2, 0.25) is 0 Å². The van der Waals surface area contributed by atoms with Crippen molar-refractivity contribution < 1.29 is 0 Å². The number of hydrogen-bond donors (Lipinski definition) is 1. The van der Waals surface area contributed by atoms with E-state index in [4.69, 9.17) is 5.73 Å². The van der Waals surface area contributed by atoms with E-state index in [9.17, 15) is 0 Å². The average molecular weight is 350 g/mol. The average Bonchev–Trinajstić information content (AvgIpc) is 2.69. The van der Waals surface area contributed by atoms with Crippen molar-refractivity contribution in [3.05, 3.63) is 0 Å². The van der Waals surface area contributed by atoms with Crippen LogP contribution >= 0.6 is 0 Å². The second-order valence-corrected chi connectivity index (χ2v) is 9.27. The van der Waals surface area contributed by atoms with Gasteiger partial charge in [-0.2, -0.15) is 0 Å². The van der Waals surface area contributed by atoms with Gasteiger partial charge < -0.3 is 5.73 Å². The molecule has 0 heterocycles. The molecule has 0 saturated heterocycles. The molecule has 1 nitrogen and oxygen atoms in total. The summed E-state index contributed by atoms with van der Waals surface area (Å²) in [4.78, 5) is 0. The molecule has 0 spiro atoms. The molecule has 0 radical (unpaired) electrons. The third-order valence-electron chi connectivity index (χ3n) is 7.81. The second-order valence-electron chi connectivity index (χ2n) is 9.27. The molecule has 0 aromatic carbocycles. The van der Waals surface area contributed by atoms with Crippen molar-refractivity contribution in [3.8, 4) is 0 Å². The molecule has 0 amide bonds. The van der Waals surface area contributed by atoms with Gasteiger partial charge in [-0.25, -0.2) is 0 Å². The number of hydrogen-bond acceptors (Lipinski definition) is 1. The Morgan fingerprint density at radius 1 is 0.600 bits per heavy atom. The lowest BCUT2D eigenvalue weighted by molar-refractivity contribution is 0.128. The fourth-order valence-corrected chi connectivity index (χ4v) is 6.25. The maximum Gasteiger partial charge on any atom is 0.00416 e. The smallest absolute Gasteiger partial charge is 0.00416 e. The zero-order valence-corrected chi connectivity index (χ0v) is 17.6. The molecule has 4 rings (SSSR count). The fourth-order valence-electron chi connectivity index (χ4n) is 6.25. The Kier molecular flexibility index (Phi) is 9.89. The molecule has 1 heteroatoms. The summed E-state index contributed by atoms with van der Waals surface area (Å²) in [5, 5.41) is 0. The van der Waals surface area contributed by atoms with E-state index in [1.54, 1.807) is 25.7 Å². The first-order valence-corrected chi connectivity index (χ1v) is 12.0. The Labute approximate surface area is 158 Å². The van der Waals surface area contributed by atoms with Crippen molar-refractivity contribution >= 4 is 0 Å². The highest BCUT2D eigenvalue weighted by Gasteiger charge is 2.31. The zero-order valence-electron chi connectivity index (χ0n) is 17.6. The third-order valence-corrected chi connectivity index (χ3v) is 7.81. The van der Waals surface area contributed by atoms with E-state index < -0.39 is 0 Å². The van der Waals surface area contributed by atoms with E-state index in [1.165, 1.54) is 70.6 Å². The van der Waals surface area contributed by atoms with E-state index in [-0.39, 0.29) is 0 Å². The maximum absolute atomic E-state index is 5.94. The van der Waals surface area contributed by atoms with Crippen LogP contribution < -0.4 is 5.73 Å². The van der Waals surface area contributed by atoms with Crippen molar-refractivity contribution in [2.75, 3.05) is 0 Å². The van der Waals surface area contributed by atoms with Crippen LogP contribution in [0.5, 0.6) is 0 Å². The minimum Gasteiger partial charge on any atom is -0.328 e. The molecule has 25 heavy (non-hydrogen) atoms. The fraction of sp³-hybridized carbons (Fsp3) is 1.00. The highest BCUT2D eigenvalue weighted by Crippen LogP contribution is 2.43. The van der Waals surface area contributed by atoms with Crippen LogP contribution in [0.4, 0.5) is 0 Å². The summed E-state index contributed by atoms with van der Waals surface area (Å²) in [5.74, 6) is 5.43. The quantitative estimate of drug-likeness (QED) is 0.526. The van der Waals surface area contributed by atoms with Crippen molar-refractivity contribution in [1.82, 2.24) is 0 Å². The molecule has 0 aliphatic heterocycles. The van der Waals surface area contributed by atoms with E-state index in [0.29, 0.717) is 6.04 Å². The summed E-state index contributed by atoms with van der Waals surface area (Å²) in [6.45, 7) is 6.37. The van der Waals surface area contributed by atoms with Gasteiger partial charge >= 0.3 is 0 Å². The predicted molar refractivity (Wildman–Crippen MR) is 112 cm³/mol. The summed E-state index contributed by atoms with van der Waals surface area (Å²) in [7, 11) is 0. The zero-order chi connectivity index (χ0) is 18.1. The molecule has 148 valence electrons. The normalized spacial score (nSPS) is 40.3. The summed E-state index contributed by atoms with van der Waals surface area (Å²) >= 11 is 0. The molecule has 6 atom stereocenters. The van der Waals surface area contributed by atoms with Crippen LogP contribution in [0.3, 0.4) is 0 Å². The van der Waals surface area contributed by atoms with Gasteiger partial charge in [0.15, 0.2) is 0 Å². The monoisotopic (exact) mass is 349 g/mol. The molecule has 4 aliphatic carbocycles. The largest absolute Gasteiger partial charge is 0.328 e. The highest BCUT2D eigenvalue weighted by molar-refractivity contribution is 4.84. The van der Waals surface area contributed by atoms with Gasteiger partial charge in [-0.1, -0.05) is 85.0 Å². The standard InChI is InChI=1S/C12H22.C10H19N.C2H6/c1-2-10-7-8-11-5-3-4-6-12(11)9-10;11-10-6-5-8-3-1-2-4-9(8)7-10;1-2/h10-12H,2-9H2,1H3;8-10H,1-7,11H2;1-2H3. The van der Waals surface area contributed by atoms with Gasteiger partial charge in [-0.3, -0.25) is 0 Å². The van der Waals surface area contributed by atoms with Gasteiger partial charge in [-0.05, 0) is 61.7 Å². The van der Waals surface area contributed by atoms with Gasteiger partial charge in [0.25, 0.3) is 0 Å². The lowest BCUT2D eigenvalue weighted by Gasteiger charge is -2.39. The first-order valence-electron chi connectivity index (χ1n) is 12.0. The van der Waals surface area contributed by atoms with Crippen LogP contribution in [-0.4, -0.2) is 6.04 Å². The van der Waals surface area contributed by atoms with Crippen molar-refractivity contribution in [1.29, 1.82) is 0 Å². The molecule has 6 unspecified atom stereocenters. The lowest BCUT2D eigenvalue weighted by atomic mass is 9.67. The number of nitrogens with two attached hydrogens (primary N) is 1. The molecule has 0 bridgehead atoms. The molecule has 0 aromatic heterocycles. The first-order chi connectivity index (χ1) is 12.3. The maximum atomic E-state index is 5.94. The van der Waals surface area contributed by atoms with Crippen molar-refractivity contribution in [2.24, 2.45) is 35.3 Å². The van der Waals surface area contributed by atoms with Crippen LogP contribution in [0.15, 0.2) is 0 Å². The van der Waals surface area contributed by atoms with Crippen LogP contribution in [0.1, 0.15) is 117 Å². The number of fused-ring (bicyclic) bond motifs is 2. The van der Waals surface area contributed by atoms with Gasteiger partial charge in [0, 0.05) is 6.04 Å². The minimum atomic E-state index is 0.536. The molecular weight excluding hydrogens is 302 g/mol. The molecule has 4 aliphatic rings. The van der Waals surface area contributed by atoms with Gasteiger partial charge in [-0.15, -0.1) is 0 Å². The number of rotatable bonds is 1. The van der Waals surface area contributed by atoms with Crippen LogP contribution in [0, 0.1) is 29.6 Å². The minimum absolute atomic E-state index is 0.536. The first kappa shape index (κ1) is 21.3. The van der Waals surface area contributed by atoms with Crippen LogP contribution in [0.25, 0.3) is 0 Å². The highest BCUT2D eigenvalue weighted by atomic mass is 14.6. The van der Waals surface area contributed by atoms with E-state index in [1.807, 2.05) is 13.8 Å². The van der Waals surface area contributed by atoms with Gasteiger partial charge in [0.1, 0.15) is 0 Å². The van der Waals surface area contributed by atoms with E-state index >= 15 is 0 Å². The second kappa shape index (κ2) is 11.6. The van der Waals surface area contributed by atoms with Crippen molar-refractivity contribution in [3.63, 3.8) is 0 Å². The molecule has 4 saturated carbocycles. The topological polar surface area (TPSA) is 26.0 Å². The summed E-state index contributed by atoms with van der Waals surface area (Å²) < 4.78 is 0. The Morgan fingerprint density at radius 2 is 1.08 bits per heavy atom. The Balaban J connectivity index is 0.000000165. The predicted octanol–water partition coefficient (Wildman–Crippen LogP) is 7.33. The molecule has 4 fully saturated rings. The SMILES string of the molecule is CC.CCC1CCC2CCCCC2C1.NC1CCC2CCCCC2C1. The molecular formula is C24H47N. The lowest BCUT2D eigenvalue weighted by Crippen LogP contribution is -2.34. The Hall–Kier alpha value is -0.0400. The van der Waals surface area contributed by atoms with Crippen LogP contribution in [-0.2, 0) is 0 Å². The Morgan fingerprint density at radius 3 is 1.64 bits per heavy atom. The van der Waals surface area contributed by atoms with E-state index in [0.717, 1.165) is 29.6 Å². The molecule has 0 aromatic rings. The van der Waals surface area contributed by atoms with Gasteiger partial charge in [0.2, 0.25) is 0 Å².